The molecule has 1 unspecified atom stereocenters. The molecule has 3 nitrogen and oxygen atoms in total. The maximum Gasteiger partial charge on any atom is 0.310 e. The van der Waals surface area contributed by atoms with Crippen LogP contribution in [0.2, 0.25) is 0 Å². The summed E-state index contributed by atoms with van der Waals surface area (Å²) in [5.41, 5.74) is 1.02. The highest BCUT2D eigenvalue weighted by atomic mass is 16.5. The molecule has 1 aromatic rings. The van der Waals surface area contributed by atoms with Crippen molar-refractivity contribution in [1.82, 2.24) is 0 Å². The predicted molar refractivity (Wildman–Crippen MR) is 62.6 cm³/mol. The molecule has 0 spiro atoms. The Morgan fingerprint density at radius 1 is 1.38 bits per heavy atom. The third-order valence-corrected chi connectivity index (χ3v) is 2.63. The van der Waals surface area contributed by atoms with E-state index in [4.69, 9.17) is 9.84 Å². The number of aryl methyl sites for hydroxylation is 1. The Balaban J connectivity index is 2.63. The standard InChI is InChI=1S/C13H18O3/c1-9(2)11(13(14)15)8-16-12-7-5-4-6-10(12)3/h4-7,9,11H,8H2,1-3H3,(H,14,15). The maximum absolute atomic E-state index is 11.0. The summed E-state index contributed by atoms with van der Waals surface area (Å²) in [6.07, 6.45) is 0. The Morgan fingerprint density at radius 2 is 2.00 bits per heavy atom. The molecular weight excluding hydrogens is 204 g/mol. The van der Waals surface area contributed by atoms with Gasteiger partial charge in [0.05, 0.1) is 5.92 Å². The lowest BCUT2D eigenvalue weighted by Gasteiger charge is -2.17. The van der Waals surface area contributed by atoms with E-state index in [0.29, 0.717) is 0 Å². The van der Waals surface area contributed by atoms with E-state index in [0.717, 1.165) is 11.3 Å². The predicted octanol–water partition coefficient (Wildman–Crippen LogP) is 2.73. The molecule has 3 heteroatoms. The maximum atomic E-state index is 11.0. The van der Waals surface area contributed by atoms with Gasteiger partial charge in [-0.25, -0.2) is 0 Å². The molecule has 1 N–H and O–H groups in total. The summed E-state index contributed by atoms with van der Waals surface area (Å²) in [5.74, 6) is -0.431. The van der Waals surface area contributed by atoms with Gasteiger partial charge in [0.15, 0.2) is 0 Å². The highest BCUT2D eigenvalue weighted by Crippen LogP contribution is 2.19. The Labute approximate surface area is 96.1 Å². The number of hydrogen-bond acceptors (Lipinski definition) is 2. The van der Waals surface area contributed by atoms with E-state index in [2.05, 4.69) is 0 Å². The Morgan fingerprint density at radius 3 is 2.50 bits per heavy atom. The van der Waals surface area contributed by atoms with Gasteiger partial charge in [0, 0.05) is 0 Å². The van der Waals surface area contributed by atoms with Gasteiger partial charge in [-0.15, -0.1) is 0 Å². The van der Waals surface area contributed by atoms with Crippen LogP contribution in [0.3, 0.4) is 0 Å². The number of para-hydroxylation sites is 1. The van der Waals surface area contributed by atoms with Gasteiger partial charge < -0.3 is 9.84 Å². The van der Waals surface area contributed by atoms with E-state index >= 15 is 0 Å². The lowest BCUT2D eigenvalue weighted by molar-refractivity contribution is -0.144. The van der Waals surface area contributed by atoms with Crippen molar-refractivity contribution >= 4 is 5.97 Å². The minimum Gasteiger partial charge on any atom is -0.492 e. The average molecular weight is 222 g/mol. The zero-order valence-corrected chi connectivity index (χ0v) is 9.93. The molecule has 1 rings (SSSR count). The summed E-state index contributed by atoms with van der Waals surface area (Å²) in [5, 5.41) is 9.01. The second-order valence-electron chi connectivity index (χ2n) is 4.27. The van der Waals surface area contributed by atoms with Crippen molar-refractivity contribution in [2.24, 2.45) is 11.8 Å². The fourth-order valence-electron chi connectivity index (χ4n) is 1.45. The number of aliphatic carboxylic acids is 1. The molecule has 0 bridgehead atoms. The van der Waals surface area contributed by atoms with Crippen molar-refractivity contribution in [3.05, 3.63) is 29.8 Å². The number of ether oxygens (including phenoxy) is 1. The van der Waals surface area contributed by atoms with Gasteiger partial charge >= 0.3 is 5.97 Å². The molecular formula is C13H18O3. The van der Waals surface area contributed by atoms with E-state index in [1.54, 1.807) is 0 Å². The molecule has 0 aliphatic rings. The summed E-state index contributed by atoms with van der Waals surface area (Å²) in [6, 6.07) is 7.61. The molecule has 0 radical (unpaired) electrons. The minimum absolute atomic E-state index is 0.0709. The zero-order chi connectivity index (χ0) is 12.1. The second-order valence-corrected chi connectivity index (χ2v) is 4.27. The monoisotopic (exact) mass is 222 g/mol. The van der Waals surface area contributed by atoms with Crippen LogP contribution in [0.5, 0.6) is 5.75 Å². The molecule has 0 fully saturated rings. The van der Waals surface area contributed by atoms with Gasteiger partial charge in [-0.3, -0.25) is 4.79 Å². The van der Waals surface area contributed by atoms with Crippen LogP contribution in [0.4, 0.5) is 0 Å². The average Bonchev–Trinajstić information content (AvgIpc) is 2.20. The Bertz CT molecular complexity index is 358. The van der Waals surface area contributed by atoms with Crippen molar-refractivity contribution in [3.8, 4) is 5.75 Å². The van der Waals surface area contributed by atoms with Crippen LogP contribution in [-0.4, -0.2) is 17.7 Å². The first-order chi connectivity index (χ1) is 7.52. The van der Waals surface area contributed by atoms with Crippen LogP contribution in [-0.2, 0) is 4.79 Å². The van der Waals surface area contributed by atoms with Gasteiger partial charge in [-0.2, -0.15) is 0 Å². The molecule has 0 heterocycles. The lowest BCUT2D eigenvalue weighted by atomic mass is 9.97. The number of carboxylic acid groups (broad SMARTS) is 1. The molecule has 1 atom stereocenters. The molecule has 0 aromatic heterocycles. The summed E-state index contributed by atoms with van der Waals surface area (Å²) in [7, 11) is 0. The van der Waals surface area contributed by atoms with E-state index < -0.39 is 11.9 Å². The summed E-state index contributed by atoms with van der Waals surface area (Å²) >= 11 is 0. The lowest BCUT2D eigenvalue weighted by Crippen LogP contribution is -2.26. The molecule has 0 saturated carbocycles. The van der Waals surface area contributed by atoms with Gasteiger partial charge in [0.2, 0.25) is 0 Å². The molecule has 88 valence electrons. The van der Waals surface area contributed by atoms with E-state index in [1.165, 1.54) is 0 Å². The van der Waals surface area contributed by atoms with Crippen LogP contribution in [0.1, 0.15) is 19.4 Å². The smallest absolute Gasteiger partial charge is 0.310 e. The first-order valence-corrected chi connectivity index (χ1v) is 5.43. The minimum atomic E-state index is -0.802. The van der Waals surface area contributed by atoms with Crippen molar-refractivity contribution in [3.63, 3.8) is 0 Å². The normalized spacial score (nSPS) is 12.5. The summed E-state index contributed by atoms with van der Waals surface area (Å²) < 4.78 is 5.54. The molecule has 0 aliphatic carbocycles. The second kappa shape index (κ2) is 5.54. The molecule has 0 aliphatic heterocycles. The van der Waals surface area contributed by atoms with E-state index in [9.17, 15) is 4.79 Å². The van der Waals surface area contributed by atoms with Gasteiger partial charge in [-0.1, -0.05) is 32.0 Å². The number of hydrogen-bond donors (Lipinski definition) is 1. The molecule has 0 saturated heterocycles. The highest BCUT2D eigenvalue weighted by Gasteiger charge is 2.22. The van der Waals surface area contributed by atoms with Crippen LogP contribution in [0.15, 0.2) is 24.3 Å². The number of carboxylic acids is 1. The Kier molecular flexibility index (Phi) is 4.35. The van der Waals surface area contributed by atoms with Crippen LogP contribution in [0, 0.1) is 18.8 Å². The fourth-order valence-corrected chi connectivity index (χ4v) is 1.45. The van der Waals surface area contributed by atoms with Crippen LogP contribution in [0.25, 0.3) is 0 Å². The molecule has 0 amide bonds. The van der Waals surface area contributed by atoms with Gasteiger partial charge in [0.25, 0.3) is 0 Å². The van der Waals surface area contributed by atoms with Crippen LogP contribution >= 0.6 is 0 Å². The number of carbonyl (C=O) groups is 1. The third-order valence-electron chi connectivity index (χ3n) is 2.63. The molecule has 1 aromatic carbocycles. The zero-order valence-electron chi connectivity index (χ0n) is 9.93. The number of benzene rings is 1. The fraction of sp³-hybridized carbons (Fsp3) is 0.462. The van der Waals surface area contributed by atoms with Crippen molar-refractivity contribution in [1.29, 1.82) is 0 Å². The van der Waals surface area contributed by atoms with E-state index in [1.807, 2.05) is 45.0 Å². The Hall–Kier alpha value is -1.51. The first-order valence-electron chi connectivity index (χ1n) is 5.43. The highest BCUT2D eigenvalue weighted by molar-refractivity contribution is 5.70. The molecule has 16 heavy (non-hydrogen) atoms. The van der Waals surface area contributed by atoms with E-state index in [-0.39, 0.29) is 12.5 Å². The first kappa shape index (κ1) is 12.6. The third kappa shape index (κ3) is 3.26. The largest absolute Gasteiger partial charge is 0.492 e. The summed E-state index contributed by atoms with van der Waals surface area (Å²) in [6.45, 7) is 5.94. The van der Waals surface area contributed by atoms with Crippen molar-refractivity contribution in [2.75, 3.05) is 6.61 Å². The summed E-state index contributed by atoms with van der Waals surface area (Å²) in [4.78, 5) is 11.0. The van der Waals surface area contributed by atoms with Gasteiger partial charge in [0.1, 0.15) is 12.4 Å². The number of rotatable bonds is 5. The quantitative estimate of drug-likeness (QED) is 0.833. The van der Waals surface area contributed by atoms with Crippen molar-refractivity contribution < 1.29 is 14.6 Å². The van der Waals surface area contributed by atoms with Crippen molar-refractivity contribution in [2.45, 2.75) is 20.8 Å². The SMILES string of the molecule is Cc1ccccc1OCC(C(=O)O)C(C)C. The van der Waals surface area contributed by atoms with Gasteiger partial charge in [-0.05, 0) is 24.5 Å². The van der Waals surface area contributed by atoms with Crippen LogP contribution < -0.4 is 4.74 Å². The topological polar surface area (TPSA) is 46.5 Å².